The van der Waals surface area contributed by atoms with E-state index in [9.17, 15) is 4.79 Å². The molecule has 2 aromatic heterocycles. The molecule has 0 radical (unpaired) electrons. The van der Waals surface area contributed by atoms with Crippen LogP contribution in [0.25, 0.3) is 28.0 Å². The first-order chi connectivity index (χ1) is 13.7. The second kappa shape index (κ2) is 7.85. The molecule has 1 saturated heterocycles. The first-order valence-electron chi connectivity index (χ1n) is 9.69. The van der Waals surface area contributed by atoms with E-state index in [4.69, 9.17) is 0 Å². The second-order valence-corrected chi connectivity index (χ2v) is 7.35. The molecular formula is C23H23ClN4O. The Morgan fingerprint density at radius 1 is 1.03 bits per heavy atom. The number of benzene rings is 2. The smallest absolute Gasteiger partial charge is 0.315 e. The van der Waals surface area contributed by atoms with E-state index in [2.05, 4.69) is 41.5 Å². The van der Waals surface area contributed by atoms with Crippen LogP contribution in [0.15, 0.2) is 71.7 Å². The van der Waals surface area contributed by atoms with Gasteiger partial charge in [-0.2, -0.15) is 0 Å². The van der Waals surface area contributed by atoms with Gasteiger partial charge < -0.3 is 5.32 Å². The van der Waals surface area contributed by atoms with Crippen molar-refractivity contribution in [2.24, 2.45) is 0 Å². The Kier molecular flexibility index (Phi) is 5.26. The molecule has 1 N–H and O–H groups in total. The minimum Gasteiger partial charge on any atom is -0.315 e. The molecule has 5 nitrogen and oxygen atoms in total. The highest BCUT2D eigenvalue weighted by atomic mass is 35.5. The minimum absolute atomic E-state index is 0. The number of rotatable bonds is 3. The van der Waals surface area contributed by atoms with Crippen LogP contribution in [0.3, 0.4) is 0 Å². The number of hydrogen-bond donors (Lipinski definition) is 1. The Bertz CT molecular complexity index is 1210. The summed E-state index contributed by atoms with van der Waals surface area (Å²) in [5.41, 5.74) is 5.89. The Hall–Kier alpha value is -2.89. The van der Waals surface area contributed by atoms with E-state index in [-0.39, 0.29) is 24.1 Å². The van der Waals surface area contributed by atoms with E-state index in [1.165, 1.54) is 5.56 Å². The van der Waals surface area contributed by atoms with Gasteiger partial charge in [-0.3, -0.25) is 9.13 Å². The zero-order valence-corrected chi connectivity index (χ0v) is 17.0. The molecule has 0 unspecified atom stereocenters. The van der Waals surface area contributed by atoms with Crippen molar-refractivity contribution in [3.63, 3.8) is 0 Å². The molecule has 0 bridgehead atoms. The fraction of sp³-hybridized carbons (Fsp3) is 0.217. The third-order valence-electron chi connectivity index (χ3n) is 5.58. The van der Waals surface area contributed by atoms with Crippen LogP contribution < -0.4 is 11.0 Å². The quantitative estimate of drug-likeness (QED) is 0.556. The van der Waals surface area contributed by atoms with Gasteiger partial charge in [0, 0.05) is 12.7 Å². The van der Waals surface area contributed by atoms with Gasteiger partial charge in [0.1, 0.15) is 0 Å². The predicted octanol–water partition coefficient (Wildman–Crippen LogP) is 4.12. The standard InChI is InChI=1S/C23H22N4O.ClH/c1-16-14-18(17-6-3-2-4-7-17)9-10-20(16)27-21-8-5-12-25-22(21)26(23(27)28)19-11-13-24-15-19;/h2-10,12,14,19,24H,11,13,15H2,1H3;1H/t19-;/m1./s1. The maximum Gasteiger partial charge on any atom is 0.335 e. The molecule has 3 heterocycles. The van der Waals surface area contributed by atoms with Gasteiger partial charge >= 0.3 is 5.69 Å². The van der Waals surface area contributed by atoms with Crippen LogP contribution in [0.1, 0.15) is 18.0 Å². The van der Waals surface area contributed by atoms with Crippen molar-refractivity contribution in [3.05, 3.63) is 82.9 Å². The van der Waals surface area contributed by atoms with E-state index in [1.807, 2.05) is 45.5 Å². The first-order valence-corrected chi connectivity index (χ1v) is 9.69. The molecule has 1 fully saturated rings. The molecule has 0 amide bonds. The van der Waals surface area contributed by atoms with E-state index in [0.29, 0.717) is 0 Å². The molecule has 148 valence electrons. The molecule has 4 aromatic rings. The van der Waals surface area contributed by atoms with Gasteiger partial charge in [0.05, 0.1) is 17.2 Å². The summed E-state index contributed by atoms with van der Waals surface area (Å²) in [5.74, 6) is 0. The number of pyridine rings is 1. The molecule has 29 heavy (non-hydrogen) atoms. The van der Waals surface area contributed by atoms with Gasteiger partial charge in [-0.15, -0.1) is 12.4 Å². The molecule has 5 rings (SSSR count). The lowest BCUT2D eigenvalue weighted by atomic mass is 10.0. The van der Waals surface area contributed by atoms with Crippen molar-refractivity contribution in [2.45, 2.75) is 19.4 Å². The third kappa shape index (κ3) is 3.26. The molecule has 1 aliphatic rings. The highest BCUT2D eigenvalue weighted by Gasteiger charge is 2.25. The summed E-state index contributed by atoms with van der Waals surface area (Å²) in [6.45, 7) is 3.80. The van der Waals surface area contributed by atoms with Gasteiger partial charge in [0.15, 0.2) is 5.65 Å². The number of hydrogen-bond acceptors (Lipinski definition) is 3. The van der Waals surface area contributed by atoms with Crippen LogP contribution >= 0.6 is 12.4 Å². The van der Waals surface area contributed by atoms with E-state index in [0.717, 1.165) is 47.5 Å². The molecule has 0 aliphatic carbocycles. The monoisotopic (exact) mass is 406 g/mol. The van der Waals surface area contributed by atoms with Gasteiger partial charge in [-0.1, -0.05) is 36.4 Å². The molecule has 6 heteroatoms. The Morgan fingerprint density at radius 3 is 2.59 bits per heavy atom. The molecule has 0 saturated carbocycles. The Labute approximate surface area is 175 Å². The van der Waals surface area contributed by atoms with Crippen LogP contribution in [-0.4, -0.2) is 27.2 Å². The summed E-state index contributed by atoms with van der Waals surface area (Å²) in [5, 5.41) is 3.35. The molecule has 0 spiro atoms. The maximum atomic E-state index is 13.4. The number of aryl methyl sites for hydroxylation is 1. The fourth-order valence-corrected chi connectivity index (χ4v) is 4.19. The lowest BCUT2D eigenvalue weighted by molar-refractivity contribution is 0.537. The largest absolute Gasteiger partial charge is 0.335 e. The summed E-state index contributed by atoms with van der Waals surface area (Å²) >= 11 is 0. The zero-order chi connectivity index (χ0) is 19.1. The van der Waals surface area contributed by atoms with Crippen LogP contribution in [-0.2, 0) is 0 Å². The SMILES string of the molecule is Cc1cc(-c2ccccc2)ccc1-n1c(=O)n([C@@H]2CCNC2)c2ncccc21.Cl. The number of nitrogens with zero attached hydrogens (tertiary/aromatic N) is 3. The number of halogens is 1. The third-order valence-corrected chi connectivity index (χ3v) is 5.58. The predicted molar refractivity (Wildman–Crippen MR) is 119 cm³/mol. The lowest BCUT2D eigenvalue weighted by Gasteiger charge is -2.11. The van der Waals surface area contributed by atoms with Crippen molar-refractivity contribution in [3.8, 4) is 16.8 Å². The van der Waals surface area contributed by atoms with Crippen LogP contribution in [0.5, 0.6) is 0 Å². The van der Waals surface area contributed by atoms with Crippen molar-refractivity contribution in [1.29, 1.82) is 0 Å². The average Bonchev–Trinajstić information content (AvgIpc) is 3.34. The van der Waals surface area contributed by atoms with Gasteiger partial charge in [0.2, 0.25) is 0 Å². The highest BCUT2D eigenvalue weighted by Crippen LogP contribution is 2.27. The Morgan fingerprint density at radius 2 is 1.86 bits per heavy atom. The van der Waals surface area contributed by atoms with Gasteiger partial charge in [0.25, 0.3) is 0 Å². The minimum atomic E-state index is -0.0158. The number of aromatic nitrogens is 3. The summed E-state index contributed by atoms with van der Waals surface area (Å²) < 4.78 is 3.67. The van der Waals surface area contributed by atoms with E-state index < -0.39 is 0 Å². The van der Waals surface area contributed by atoms with Crippen molar-refractivity contribution in [1.82, 2.24) is 19.4 Å². The summed E-state index contributed by atoms with van der Waals surface area (Å²) in [6, 6.07) is 20.6. The zero-order valence-electron chi connectivity index (χ0n) is 16.2. The second-order valence-electron chi connectivity index (χ2n) is 7.35. The van der Waals surface area contributed by atoms with Crippen LogP contribution in [0.4, 0.5) is 0 Å². The van der Waals surface area contributed by atoms with Crippen LogP contribution in [0, 0.1) is 6.92 Å². The lowest BCUT2D eigenvalue weighted by Crippen LogP contribution is -2.28. The number of nitrogens with one attached hydrogen (secondary N) is 1. The molecule has 1 atom stereocenters. The summed E-state index contributed by atoms with van der Waals surface area (Å²) in [4.78, 5) is 18.0. The molecule has 2 aromatic carbocycles. The first kappa shape index (κ1) is 19.4. The maximum absolute atomic E-state index is 13.4. The normalized spacial score (nSPS) is 16.1. The fourth-order valence-electron chi connectivity index (χ4n) is 4.19. The van der Waals surface area contributed by atoms with E-state index in [1.54, 1.807) is 6.20 Å². The van der Waals surface area contributed by atoms with Crippen LogP contribution in [0.2, 0.25) is 0 Å². The highest BCUT2D eigenvalue weighted by molar-refractivity contribution is 5.85. The van der Waals surface area contributed by atoms with Crippen molar-refractivity contribution < 1.29 is 0 Å². The van der Waals surface area contributed by atoms with Gasteiger partial charge in [-0.05, 0) is 60.8 Å². The van der Waals surface area contributed by atoms with Crippen molar-refractivity contribution in [2.75, 3.05) is 13.1 Å². The molecular weight excluding hydrogens is 384 g/mol. The van der Waals surface area contributed by atoms with Crippen molar-refractivity contribution >= 4 is 23.6 Å². The average molecular weight is 407 g/mol. The topological polar surface area (TPSA) is 51.9 Å². The Balaban J connectivity index is 0.00000205. The summed E-state index contributed by atoms with van der Waals surface area (Å²) in [7, 11) is 0. The number of fused-ring (bicyclic) bond motifs is 1. The van der Waals surface area contributed by atoms with Gasteiger partial charge in [-0.25, -0.2) is 9.78 Å². The summed E-state index contributed by atoms with van der Waals surface area (Å²) in [6.07, 6.45) is 2.71. The number of imidazole rings is 1. The van der Waals surface area contributed by atoms with E-state index >= 15 is 0 Å². The molecule has 1 aliphatic heterocycles.